The van der Waals surface area contributed by atoms with Crippen LogP contribution in [0, 0.1) is 0 Å². The average molecular weight is 365 g/mol. The van der Waals surface area contributed by atoms with E-state index in [0.29, 0.717) is 6.04 Å². The summed E-state index contributed by atoms with van der Waals surface area (Å²) in [5.74, 6) is 0. The van der Waals surface area contributed by atoms with Crippen LogP contribution in [0.25, 0.3) is 0 Å². The van der Waals surface area contributed by atoms with Gasteiger partial charge in [0.15, 0.2) is 0 Å². The number of benzene rings is 1. The van der Waals surface area contributed by atoms with Crippen LogP contribution in [0.1, 0.15) is 57.4 Å². The van der Waals surface area contributed by atoms with Crippen molar-refractivity contribution < 1.29 is 4.79 Å². The van der Waals surface area contributed by atoms with Gasteiger partial charge in [-0.15, -0.1) is 0 Å². The van der Waals surface area contributed by atoms with Gasteiger partial charge >= 0.3 is 6.03 Å². The molecular weight excluding hydrogens is 340 g/mol. The van der Waals surface area contributed by atoms with Gasteiger partial charge in [0.2, 0.25) is 0 Å². The normalized spacial score (nSPS) is 21.9. The predicted molar refractivity (Wildman–Crippen MR) is 93.1 cm³/mol. The number of urea groups is 1. The SMILES string of the molecule is CC(NC(=O)NC1CCCCC1)C1(c2ccc(Br)cc2)CC1. The number of hydrogen-bond donors (Lipinski definition) is 2. The lowest BCUT2D eigenvalue weighted by molar-refractivity contribution is 0.227. The molecule has 2 aliphatic carbocycles. The Hall–Kier alpha value is -1.03. The van der Waals surface area contributed by atoms with E-state index in [-0.39, 0.29) is 17.5 Å². The zero-order chi connectivity index (χ0) is 15.6. The zero-order valence-corrected chi connectivity index (χ0v) is 14.8. The lowest BCUT2D eigenvalue weighted by Gasteiger charge is -2.28. The summed E-state index contributed by atoms with van der Waals surface area (Å²) in [7, 11) is 0. The number of carbonyl (C=O) groups excluding carboxylic acids is 1. The molecule has 0 radical (unpaired) electrons. The number of halogens is 1. The number of carbonyl (C=O) groups is 1. The van der Waals surface area contributed by atoms with Crippen LogP contribution in [0.3, 0.4) is 0 Å². The van der Waals surface area contributed by atoms with Crippen molar-refractivity contribution in [2.24, 2.45) is 0 Å². The van der Waals surface area contributed by atoms with Gasteiger partial charge in [-0.05, 0) is 50.3 Å². The molecule has 120 valence electrons. The third-order valence-corrected chi connectivity index (χ3v) is 5.85. The standard InChI is InChI=1S/C18H25BrN2O/c1-13(20-17(22)21-16-5-3-2-4-6-16)18(11-12-18)14-7-9-15(19)10-8-14/h7-10,13,16H,2-6,11-12H2,1H3,(H2,20,21,22). The zero-order valence-electron chi connectivity index (χ0n) is 13.2. The van der Waals surface area contributed by atoms with Crippen molar-refractivity contribution in [2.45, 2.75) is 69.4 Å². The second-order valence-corrected chi connectivity index (χ2v) is 7.75. The largest absolute Gasteiger partial charge is 0.335 e. The average Bonchev–Trinajstić information content (AvgIpc) is 3.30. The Balaban J connectivity index is 1.57. The van der Waals surface area contributed by atoms with Crippen LogP contribution >= 0.6 is 15.9 Å². The highest BCUT2D eigenvalue weighted by Gasteiger charge is 2.49. The maximum absolute atomic E-state index is 12.3. The van der Waals surface area contributed by atoms with Crippen LogP contribution in [0.4, 0.5) is 4.79 Å². The van der Waals surface area contributed by atoms with Crippen molar-refractivity contribution in [3.05, 3.63) is 34.3 Å². The molecule has 0 spiro atoms. The van der Waals surface area contributed by atoms with Crippen molar-refractivity contribution >= 4 is 22.0 Å². The van der Waals surface area contributed by atoms with Crippen LogP contribution in [-0.2, 0) is 5.41 Å². The summed E-state index contributed by atoms with van der Waals surface area (Å²) >= 11 is 3.49. The van der Waals surface area contributed by atoms with Gasteiger partial charge in [-0.3, -0.25) is 0 Å². The molecule has 0 aromatic heterocycles. The molecule has 0 saturated heterocycles. The smallest absolute Gasteiger partial charge is 0.315 e. The van der Waals surface area contributed by atoms with E-state index in [1.807, 2.05) is 0 Å². The summed E-state index contributed by atoms with van der Waals surface area (Å²) in [6.07, 6.45) is 8.34. The van der Waals surface area contributed by atoms with Gasteiger partial charge in [-0.25, -0.2) is 4.79 Å². The predicted octanol–water partition coefficient (Wildman–Crippen LogP) is 4.50. The molecule has 22 heavy (non-hydrogen) atoms. The molecule has 1 aromatic carbocycles. The van der Waals surface area contributed by atoms with Crippen LogP contribution in [0.15, 0.2) is 28.7 Å². The first-order chi connectivity index (χ1) is 10.6. The molecule has 2 amide bonds. The van der Waals surface area contributed by atoms with Crippen molar-refractivity contribution in [3.8, 4) is 0 Å². The topological polar surface area (TPSA) is 41.1 Å². The molecular formula is C18H25BrN2O. The second kappa shape index (κ2) is 6.61. The first-order valence-corrected chi connectivity index (χ1v) is 9.22. The number of hydrogen-bond acceptors (Lipinski definition) is 1. The highest BCUT2D eigenvalue weighted by molar-refractivity contribution is 9.10. The van der Waals surface area contributed by atoms with Gasteiger partial charge in [-0.1, -0.05) is 47.3 Å². The minimum atomic E-state index is 0.00258. The summed E-state index contributed by atoms with van der Waals surface area (Å²) in [5.41, 5.74) is 1.46. The van der Waals surface area contributed by atoms with Crippen LogP contribution in [0.5, 0.6) is 0 Å². The Morgan fingerprint density at radius 2 is 1.82 bits per heavy atom. The number of rotatable bonds is 4. The van der Waals surface area contributed by atoms with Crippen molar-refractivity contribution in [1.82, 2.24) is 10.6 Å². The Kier molecular flexibility index (Phi) is 4.76. The third kappa shape index (κ3) is 3.48. The Bertz CT molecular complexity index is 518. The van der Waals surface area contributed by atoms with Gasteiger partial charge in [0, 0.05) is 22.0 Å². The molecule has 3 nitrogen and oxygen atoms in total. The van der Waals surface area contributed by atoms with Gasteiger partial charge in [0.1, 0.15) is 0 Å². The molecule has 2 saturated carbocycles. The molecule has 0 bridgehead atoms. The molecule has 3 rings (SSSR count). The lowest BCUT2D eigenvalue weighted by Crippen LogP contribution is -2.49. The Morgan fingerprint density at radius 1 is 1.18 bits per heavy atom. The fourth-order valence-corrected chi connectivity index (χ4v) is 3.96. The summed E-state index contributed by atoms with van der Waals surface area (Å²) in [6, 6.07) is 9.06. The minimum absolute atomic E-state index is 0.00258. The molecule has 2 aliphatic rings. The summed E-state index contributed by atoms with van der Waals surface area (Å²) in [5, 5.41) is 6.33. The maximum Gasteiger partial charge on any atom is 0.315 e. The van der Waals surface area contributed by atoms with E-state index in [4.69, 9.17) is 0 Å². The molecule has 0 heterocycles. The molecule has 2 N–H and O–H groups in total. The van der Waals surface area contributed by atoms with E-state index in [0.717, 1.165) is 30.2 Å². The first-order valence-electron chi connectivity index (χ1n) is 8.43. The van der Waals surface area contributed by atoms with Gasteiger partial charge in [-0.2, -0.15) is 0 Å². The molecule has 0 aliphatic heterocycles. The summed E-state index contributed by atoms with van der Waals surface area (Å²) in [6.45, 7) is 2.13. The maximum atomic E-state index is 12.3. The van der Waals surface area contributed by atoms with Crippen molar-refractivity contribution in [1.29, 1.82) is 0 Å². The number of nitrogens with one attached hydrogen (secondary N) is 2. The van der Waals surface area contributed by atoms with E-state index in [1.54, 1.807) is 0 Å². The van der Waals surface area contributed by atoms with Crippen LogP contribution in [-0.4, -0.2) is 18.1 Å². The fourth-order valence-electron chi connectivity index (χ4n) is 3.70. The Morgan fingerprint density at radius 3 is 2.41 bits per heavy atom. The highest BCUT2D eigenvalue weighted by atomic mass is 79.9. The van der Waals surface area contributed by atoms with E-state index in [9.17, 15) is 4.79 Å². The van der Waals surface area contributed by atoms with Crippen LogP contribution in [0.2, 0.25) is 0 Å². The Labute approximate surface area is 141 Å². The lowest BCUT2D eigenvalue weighted by atomic mass is 9.89. The molecule has 4 heteroatoms. The summed E-state index contributed by atoms with van der Waals surface area (Å²) < 4.78 is 1.10. The van der Waals surface area contributed by atoms with Gasteiger partial charge in [0.25, 0.3) is 0 Å². The van der Waals surface area contributed by atoms with Gasteiger partial charge < -0.3 is 10.6 Å². The van der Waals surface area contributed by atoms with E-state index < -0.39 is 0 Å². The van der Waals surface area contributed by atoms with Crippen molar-refractivity contribution in [3.63, 3.8) is 0 Å². The van der Waals surface area contributed by atoms with E-state index >= 15 is 0 Å². The van der Waals surface area contributed by atoms with Crippen LogP contribution < -0.4 is 10.6 Å². The first kappa shape index (κ1) is 15.9. The monoisotopic (exact) mass is 364 g/mol. The summed E-state index contributed by atoms with van der Waals surface area (Å²) in [4.78, 5) is 12.3. The van der Waals surface area contributed by atoms with E-state index in [1.165, 1.54) is 24.8 Å². The van der Waals surface area contributed by atoms with Gasteiger partial charge in [0.05, 0.1) is 0 Å². The molecule has 1 atom stereocenters. The third-order valence-electron chi connectivity index (χ3n) is 5.32. The highest BCUT2D eigenvalue weighted by Crippen LogP contribution is 2.51. The molecule has 2 fully saturated rings. The molecule has 1 unspecified atom stereocenters. The fraction of sp³-hybridized carbons (Fsp3) is 0.611. The number of amides is 2. The van der Waals surface area contributed by atoms with Crippen molar-refractivity contribution in [2.75, 3.05) is 0 Å². The molecule has 1 aromatic rings. The second-order valence-electron chi connectivity index (χ2n) is 6.84. The van der Waals surface area contributed by atoms with E-state index in [2.05, 4.69) is 57.8 Å². The quantitative estimate of drug-likeness (QED) is 0.810. The minimum Gasteiger partial charge on any atom is -0.335 e.